The topological polar surface area (TPSA) is 33.5 Å². The van der Waals surface area contributed by atoms with Crippen molar-refractivity contribution in [1.82, 2.24) is 9.55 Å². The quantitative estimate of drug-likeness (QED) is 0.160. The number of pyridine rings is 1. The van der Waals surface area contributed by atoms with Crippen LogP contribution in [0.2, 0.25) is 0 Å². The second-order valence-electron chi connectivity index (χ2n) is 18.6. The summed E-state index contributed by atoms with van der Waals surface area (Å²) < 4.78 is 48.0. The average molecular weight is 830 g/mol. The van der Waals surface area contributed by atoms with Crippen LogP contribution in [0.4, 0.5) is 27.1 Å². The standard InChI is InChI=1S/C57H51FN4O/c1-37-28-55(59-35-50(37)39-20-23-43(58)24-21-39)62-51-19-12-11-18-48(51)49-26-25-47(34-53(49)62)63-46-17-13-16-44(33-46)60-36-61(45-31-41(56(2,3)4)30-42(32-45)57(5,6)7)54-29-40(22-27-52(54)60)38-14-9-8-10-15-38/h8-35H,36H2,1-7H3/i1D3. The number of hydrogen-bond donors (Lipinski definition) is 0. The van der Waals surface area contributed by atoms with Gasteiger partial charge in [-0.15, -0.1) is 0 Å². The van der Waals surface area contributed by atoms with Gasteiger partial charge in [-0.2, -0.15) is 0 Å². The zero-order valence-corrected chi connectivity index (χ0v) is 36.4. The fourth-order valence-corrected chi connectivity index (χ4v) is 8.68. The largest absolute Gasteiger partial charge is 0.457 e. The molecule has 0 fully saturated rings. The van der Waals surface area contributed by atoms with Crippen molar-refractivity contribution >= 4 is 44.6 Å². The van der Waals surface area contributed by atoms with E-state index in [1.165, 1.54) is 28.8 Å². The van der Waals surface area contributed by atoms with Crippen molar-refractivity contribution in [3.05, 3.63) is 192 Å². The van der Waals surface area contributed by atoms with Crippen molar-refractivity contribution in [1.29, 1.82) is 0 Å². The van der Waals surface area contributed by atoms with E-state index in [9.17, 15) is 4.39 Å². The highest BCUT2D eigenvalue weighted by atomic mass is 19.1. The van der Waals surface area contributed by atoms with Crippen LogP contribution in [-0.2, 0) is 10.8 Å². The van der Waals surface area contributed by atoms with Crippen LogP contribution in [0.25, 0.3) is 49.9 Å². The third kappa shape index (κ3) is 7.50. The summed E-state index contributed by atoms with van der Waals surface area (Å²) in [5.41, 5.74) is 12.0. The summed E-state index contributed by atoms with van der Waals surface area (Å²) in [5, 5.41) is 1.97. The van der Waals surface area contributed by atoms with Crippen LogP contribution in [0.3, 0.4) is 0 Å². The molecule has 1 aliphatic rings. The number of anilines is 4. The van der Waals surface area contributed by atoms with Crippen LogP contribution in [0.15, 0.2) is 170 Å². The monoisotopic (exact) mass is 829 g/mol. The van der Waals surface area contributed by atoms with Gasteiger partial charge in [0.25, 0.3) is 0 Å². The Bertz CT molecular complexity index is 3260. The van der Waals surface area contributed by atoms with Gasteiger partial charge in [-0.25, -0.2) is 9.37 Å². The van der Waals surface area contributed by atoms with Crippen LogP contribution in [0, 0.1) is 12.7 Å². The van der Waals surface area contributed by atoms with Crippen molar-refractivity contribution in [2.45, 2.75) is 59.2 Å². The van der Waals surface area contributed by atoms with Gasteiger partial charge in [0.05, 0.1) is 22.4 Å². The zero-order chi connectivity index (χ0) is 46.1. The summed E-state index contributed by atoms with van der Waals surface area (Å²) in [6, 6.07) is 54.0. The summed E-state index contributed by atoms with van der Waals surface area (Å²) in [4.78, 5) is 9.62. The molecule has 63 heavy (non-hydrogen) atoms. The van der Waals surface area contributed by atoms with Gasteiger partial charge in [0.2, 0.25) is 0 Å². The highest BCUT2D eigenvalue weighted by Crippen LogP contribution is 2.48. The first-order valence-electron chi connectivity index (χ1n) is 23.0. The van der Waals surface area contributed by atoms with Crippen LogP contribution in [0.1, 0.15) is 62.3 Å². The second kappa shape index (κ2) is 15.3. The molecule has 0 saturated heterocycles. The van der Waals surface area contributed by atoms with Crippen LogP contribution in [-0.4, -0.2) is 16.2 Å². The van der Waals surface area contributed by atoms with Crippen molar-refractivity contribution in [2.24, 2.45) is 0 Å². The molecule has 0 aliphatic carbocycles. The Morgan fingerprint density at radius 3 is 1.98 bits per heavy atom. The molecular formula is C57H51FN4O. The Labute approximate surface area is 373 Å². The first kappa shape index (κ1) is 36.5. The summed E-state index contributed by atoms with van der Waals surface area (Å²) in [6.07, 6.45) is 1.57. The molecule has 0 amide bonds. The Morgan fingerprint density at radius 2 is 1.24 bits per heavy atom. The third-order valence-corrected chi connectivity index (χ3v) is 12.2. The van der Waals surface area contributed by atoms with Crippen LogP contribution >= 0.6 is 0 Å². The molecule has 0 saturated carbocycles. The van der Waals surface area contributed by atoms with Gasteiger partial charge in [-0.05, 0) is 124 Å². The fraction of sp³-hybridized carbons (Fsp3) is 0.175. The van der Waals surface area contributed by atoms with Crippen LogP contribution in [0.5, 0.6) is 11.5 Å². The molecule has 9 aromatic rings. The first-order valence-corrected chi connectivity index (χ1v) is 21.5. The van der Waals surface area contributed by atoms with Gasteiger partial charge >= 0.3 is 0 Å². The lowest BCUT2D eigenvalue weighted by molar-refractivity contribution is 0.483. The lowest BCUT2D eigenvalue weighted by atomic mass is 9.80. The van der Waals surface area contributed by atoms with E-state index in [-0.39, 0.29) is 16.4 Å². The minimum Gasteiger partial charge on any atom is -0.457 e. The Morgan fingerprint density at radius 1 is 0.556 bits per heavy atom. The predicted octanol–water partition coefficient (Wildman–Crippen LogP) is 15.6. The van der Waals surface area contributed by atoms with Gasteiger partial charge in [0, 0.05) is 50.2 Å². The predicted molar refractivity (Wildman–Crippen MR) is 260 cm³/mol. The molecule has 2 aromatic heterocycles. The minimum absolute atomic E-state index is 0.0415. The number of aryl methyl sites for hydroxylation is 1. The van der Waals surface area contributed by atoms with Crippen LogP contribution < -0.4 is 14.5 Å². The number of hydrogen-bond acceptors (Lipinski definition) is 4. The number of nitrogens with zero attached hydrogens (tertiary/aromatic N) is 4. The molecule has 312 valence electrons. The van der Waals surface area contributed by atoms with E-state index in [0.717, 1.165) is 50.1 Å². The molecule has 0 atom stereocenters. The van der Waals surface area contributed by atoms with E-state index < -0.39 is 12.7 Å². The first-order chi connectivity index (χ1) is 31.5. The maximum Gasteiger partial charge on any atom is 0.137 e. The molecule has 0 N–H and O–H groups in total. The van der Waals surface area contributed by atoms with Crippen molar-refractivity contribution in [2.75, 3.05) is 16.5 Å². The number of ether oxygens (including phenoxy) is 1. The van der Waals surface area contributed by atoms with Gasteiger partial charge in [-0.3, -0.25) is 4.57 Å². The fourth-order valence-electron chi connectivity index (χ4n) is 8.68. The molecule has 7 aromatic carbocycles. The summed E-state index contributed by atoms with van der Waals surface area (Å²) >= 11 is 0. The molecule has 0 unspecified atom stereocenters. The van der Waals surface area contributed by atoms with E-state index in [2.05, 4.69) is 136 Å². The molecule has 6 heteroatoms. The zero-order valence-electron chi connectivity index (χ0n) is 39.4. The van der Waals surface area contributed by atoms with E-state index >= 15 is 0 Å². The number of benzene rings is 7. The lowest BCUT2D eigenvalue weighted by Gasteiger charge is -2.29. The Hall–Kier alpha value is -7.18. The van der Waals surface area contributed by atoms with Gasteiger partial charge < -0.3 is 14.5 Å². The van der Waals surface area contributed by atoms with E-state index in [0.29, 0.717) is 35.1 Å². The molecule has 10 rings (SSSR count). The van der Waals surface area contributed by atoms with E-state index in [4.69, 9.17) is 13.8 Å². The molecule has 1 aliphatic heterocycles. The third-order valence-electron chi connectivity index (χ3n) is 12.2. The molecule has 0 spiro atoms. The summed E-state index contributed by atoms with van der Waals surface area (Å²) in [6.45, 7) is 11.8. The van der Waals surface area contributed by atoms with E-state index in [1.807, 2.05) is 53.1 Å². The average Bonchev–Trinajstić information content (AvgIpc) is 3.84. The summed E-state index contributed by atoms with van der Waals surface area (Å²) in [5.74, 6) is 1.35. The smallest absolute Gasteiger partial charge is 0.137 e. The molecular weight excluding hydrogens is 776 g/mol. The SMILES string of the molecule is [2H]C([2H])([2H])c1cc(-n2c3ccccc3c3ccc(Oc4cccc(N5CN(c6cc(C(C)(C)C)cc(C(C)(C)C)c6)c6cc(-c7ccccc7)ccc65)c4)cc32)ncc1-c1ccc(F)cc1. The van der Waals surface area contributed by atoms with Gasteiger partial charge in [0.1, 0.15) is 29.8 Å². The second-order valence-corrected chi connectivity index (χ2v) is 18.6. The van der Waals surface area contributed by atoms with Gasteiger partial charge in [0.15, 0.2) is 0 Å². The highest BCUT2D eigenvalue weighted by molar-refractivity contribution is 6.09. The Balaban J connectivity index is 1.04. The lowest BCUT2D eigenvalue weighted by Crippen LogP contribution is -2.25. The number of rotatable bonds is 7. The normalized spacial score (nSPS) is 13.9. The number of halogens is 1. The molecule has 0 radical (unpaired) electrons. The Kier molecular flexibility index (Phi) is 8.87. The molecule has 0 bridgehead atoms. The minimum atomic E-state index is -2.46. The van der Waals surface area contributed by atoms with Gasteiger partial charge in [-0.1, -0.05) is 120 Å². The maximum atomic E-state index is 13.9. The number of aromatic nitrogens is 2. The highest BCUT2D eigenvalue weighted by Gasteiger charge is 2.31. The van der Waals surface area contributed by atoms with E-state index in [1.54, 1.807) is 24.4 Å². The summed E-state index contributed by atoms with van der Waals surface area (Å²) in [7, 11) is 0. The number of fused-ring (bicyclic) bond motifs is 4. The maximum absolute atomic E-state index is 13.9. The number of para-hydroxylation sites is 1. The van der Waals surface area contributed by atoms with Crippen molar-refractivity contribution in [3.63, 3.8) is 0 Å². The van der Waals surface area contributed by atoms with Crippen molar-refractivity contribution in [3.8, 4) is 39.6 Å². The molecule has 3 heterocycles. The van der Waals surface area contributed by atoms with Crippen molar-refractivity contribution < 1.29 is 13.2 Å². The molecule has 5 nitrogen and oxygen atoms in total.